The van der Waals surface area contributed by atoms with Crippen molar-refractivity contribution < 1.29 is 51.5 Å². The lowest BCUT2D eigenvalue weighted by atomic mass is 10.1. The summed E-state index contributed by atoms with van der Waals surface area (Å²) in [6.07, 6.45) is 0.945. The van der Waals surface area contributed by atoms with Gasteiger partial charge in [-0.05, 0) is 56.2 Å². The lowest BCUT2D eigenvalue weighted by molar-refractivity contribution is 0.116. The molecule has 4 atom stereocenters. The molecule has 56 heavy (non-hydrogen) atoms. The summed E-state index contributed by atoms with van der Waals surface area (Å²) >= 11 is 0. The summed E-state index contributed by atoms with van der Waals surface area (Å²) in [4.78, 5) is 23.7. The van der Waals surface area contributed by atoms with Crippen LogP contribution < -0.4 is 31.9 Å². The molecular formula is C31H42N12O11S2. The molecule has 0 amide bonds. The Balaban J connectivity index is 1.67. The molecule has 0 bridgehead atoms. The maximum atomic E-state index is 12.5. The average Bonchev–Trinajstić information content (AvgIpc) is 3.13. The van der Waals surface area contributed by atoms with Gasteiger partial charge in [0.2, 0.25) is 35.7 Å². The van der Waals surface area contributed by atoms with E-state index in [1.165, 1.54) is 36.4 Å². The number of nitrogens with zero attached hydrogens (tertiary/aromatic N) is 6. The maximum Gasteiger partial charge on any atom is 0.295 e. The molecule has 4 unspecified atom stereocenters. The van der Waals surface area contributed by atoms with Crippen LogP contribution in [0.15, 0.2) is 46.2 Å². The standard InChI is InChI=1S/C31H42N12O11S2/c1-16(12-44)32-26-38-27(33-17(2)13-45)40-29(39-26)35-21-8-6-19(23(10-21)55(49,50)51)4-5-20-7-9-22(11-24(20)56(52,53)54)36-30-41-28(34-18(3)14-46)42-31(43-30)37-25(48)15-47/h4-11,16-18,25,44-48H,12-15H2,1-3H3,(H,49,50,51)(H,52,53,54)(H3,32,33,35,38,39,40)(H3,34,36,37,41,42,43). The normalized spacial score (nSPS) is 14.1. The van der Waals surface area contributed by atoms with E-state index >= 15 is 0 Å². The molecule has 0 aliphatic rings. The fraction of sp³-hybridized carbons (Fsp3) is 0.355. The predicted octanol–water partition coefficient (Wildman–Crippen LogP) is 0.308. The Labute approximate surface area is 321 Å². The van der Waals surface area contributed by atoms with Crippen molar-refractivity contribution in [3.63, 3.8) is 0 Å². The minimum absolute atomic E-state index is 0.0458. The molecule has 0 saturated heterocycles. The predicted molar refractivity (Wildman–Crippen MR) is 205 cm³/mol. The van der Waals surface area contributed by atoms with Crippen LogP contribution in [0, 0.1) is 0 Å². The van der Waals surface area contributed by atoms with Crippen LogP contribution >= 0.6 is 0 Å². The zero-order valence-electron chi connectivity index (χ0n) is 30.0. The van der Waals surface area contributed by atoms with Crippen molar-refractivity contribution in [2.75, 3.05) is 58.3 Å². The second kappa shape index (κ2) is 19.0. The van der Waals surface area contributed by atoms with Gasteiger partial charge in [0, 0.05) is 29.5 Å². The van der Waals surface area contributed by atoms with Gasteiger partial charge < -0.3 is 57.4 Å². The Morgan fingerprint density at radius 3 is 1.16 bits per heavy atom. The van der Waals surface area contributed by atoms with Crippen molar-refractivity contribution in [1.29, 1.82) is 0 Å². The highest BCUT2D eigenvalue weighted by atomic mass is 32.2. The molecule has 4 rings (SSSR count). The molecule has 13 N–H and O–H groups in total. The second-order valence-electron chi connectivity index (χ2n) is 12.2. The van der Waals surface area contributed by atoms with E-state index in [-0.39, 0.29) is 78.0 Å². The Hall–Kier alpha value is -5.38. The monoisotopic (exact) mass is 822 g/mol. The first-order valence-corrected chi connectivity index (χ1v) is 19.4. The van der Waals surface area contributed by atoms with E-state index in [0.29, 0.717) is 0 Å². The van der Waals surface area contributed by atoms with Gasteiger partial charge in [0.1, 0.15) is 16.0 Å². The third kappa shape index (κ3) is 12.6. The summed E-state index contributed by atoms with van der Waals surface area (Å²) < 4.78 is 70.2. The van der Waals surface area contributed by atoms with E-state index in [1.807, 2.05) is 0 Å². The Kier molecular flexibility index (Phi) is 14.7. The van der Waals surface area contributed by atoms with Crippen molar-refractivity contribution >= 4 is 79.5 Å². The number of hydrogen-bond donors (Lipinski definition) is 13. The van der Waals surface area contributed by atoms with Crippen LogP contribution in [0.4, 0.5) is 47.1 Å². The largest absolute Gasteiger partial charge is 0.394 e. The molecule has 2 heterocycles. The van der Waals surface area contributed by atoms with Crippen molar-refractivity contribution in [2.45, 2.75) is 54.9 Å². The summed E-state index contributed by atoms with van der Waals surface area (Å²) in [7, 11) is -9.79. The van der Waals surface area contributed by atoms with Gasteiger partial charge in [-0.3, -0.25) is 9.11 Å². The molecule has 0 radical (unpaired) electrons. The fourth-order valence-corrected chi connectivity index (χ4v) is 5.92. The molecule has 0 fully saturated rings. The number of aromatic nitrogens is 6. The lowest BCUT2D eigenvalue weighted by Gasteiger charge is -2.16. The summed E-state index contributed by atoms with van der Waals surface area (Å²) in [5.74, 6) is -0.406. The van der Waals surface area contributed by atoms with Crippen LogP contribution in [-0.2, 0) is 20.2 Å². The average molecular weight is 823 g/mol. The molecule has 0 saturated carbocycles. The number of benzene rings is 2. The SMILES string of the molecule is CC(CO)Nc1nc(Nc2ccc(C=Cc3ccc(Nc4nc(NC(C)CO)nc(NC(O)CO)n4)cc3S(=O)(=O)O)c(S(=O)(=O)O)c2)nc(NC(C)CO)n1. The van der Waals surface area contributed by atoms with Crippen LogP contribution in [0.3, 0.4) is 0 Å². The Bertz CT molecular complexity index is 2020. The number of aliphatic hydroxyl groups excluding tert-OH is 5. The van der Waals surface area contributed by atoms with Crippen molar-refractivity contribution in [3.8, 4) is 0 Å². The molecule has 25 heteroatoms. The number of nitrogens with one attached hydrogen (secondary N) is 6. The topological polar surface area (TPSA) is 359 Å². The summed E-state index contributed by atoms with van der Waals surface area (Å²) in [5, 5.41) is 63.9. The van der Waals surface area contributed by atoms with E-state index in [1.54, 1.807) is 20.8 Å². The zero-order valence-corrected chi connectivity index (χ0v) is 31.7. The molecule has 0 aliphatic heterocycles. The lowest BCUT2D eigenvalue weighted by Crippen LogP contribution is -2.26. The van der Waals surface area contributed by atoms with Crippen molar-refractivity contribution in [1.82, 2.24) is 29.9 Å². The summed E-state index contributed by atoms with van der Waals surface area (Å²) in [5.41, 5.74) is -0.0207. The second-order valence-corrected chi connectivity index (χ2v) is 15.0. The van der Waals surface area contributed by atoms with Crippen molar-refractivity contribution in [2.24, 2.45) is 0 Å². The van der Waals surface area contributed by atoms with E-state index in [9.17, 15) is 51.5 Å². The van der Waals surface area contributed by atoms with Gasteiger partial charge in [-0.1, -0.05) is 24.3 Å². The third-order valence-electron chi connectivity index (χ3n) is 7.23. The fourth-order valence-electron chi connectivity index (χ4n) is 4.50. The van der Waals surface area contributed by atoms with Gasteiger partial charge in [0.25, 0.3) is 20.2 Å². The van der Waals surface area contributed by atoms with Crippen LogP contribution in [-0.4, -0.2) is 132 Å². The van der Waals surface area contributed by atoms with Gasteiger partial charge in [0.05, 0.1) is 26.4 Å². The molecule has 2 aromatic heterocycles. The van der Waals surface area contributed by atoms with Gasteiger partial charge in [-0.25, -0.2) is 0 Å². The molecule has 2 aromatic carbocycles. The smallest absolute Gasteiger partial charge is 0.295 e. The highest BCUT2D eigenvalue weighted by Gasteiger charge is 2.20. The molecule has 4 aromatic rings. The van der Waals surface area contributed by atoms with Gasteiger partial charge in [-0.15, -0.1) is 0 Å². The first-order valence-electron chi connectivity index (χ1n) is 16.6. The van der Waals surface area contributed by atoms with E-state index in [2.05, 4.69) is 61.8 Å². The summed E-state index contributed by atoms with van der Waals surface area (Å²) in [6, 6.07) is 6.10. The number of rotatable bonds is 20. The maximum absolute atomic E-state index is 12.5. The highest BCUT2D eigenvalue weighted by molar-refractivity contribution is 7.86. The van der Waals surface area contributed by atoms with Gasteiger partial charge >= 0.3 is 0 Å². The van der Waals surface area contributed by atoms with Gasteiger partial charge in [0.15, 0.2) is 0 Å². The number of hydrogen-bond acceptors (Lipinski definition) is 21. The van der Waals surface area contributed by atoms with Crippen LogP contribution in [0.5, 0.6) is 0 Å². The van der Waals surface area contributed by atoms with Gasteiger partial charge in [-0.2, -0.15) is 46.7 Å². The molecule has 304 valence electrons. The molecule has 23 nitrogen and oxygen atoms in total. The van der Waals surface area contributed by atoms with Crippen LogP contribution in [0.2, 0.25) is 0 Å². The molecule has 0 spiro atoms. The molecular weight excluding hydrogens is 781 g/mol. The zero-order chi connectivity index (χ0) is 41.2. The van der Waals surface area contributed by atoms with Crippen molar-refractivity contribution in [3.05, 3.63) is 47.5 Å². The first kappa shape index (κ1) is 43.3. The van der Waals surface area contributed by atoms with E-state index < -0.39 is 61.0 Å². The Morgan fingerprint density at radius 2 is 0.857 bits per heavy atom. The number of aliphatic hydroxyl groups is 5. The first-order chi connectivity index (χ1) is 26.4. The Morgan fingerprint density at radius 1 is 0.536 bits per heavy atom. The van der Waals surface area contributed by atoms with Crippen LogP contribution in [0.25, 0.3) is 12.2 Å². The minimum atomic E-state index is -4.91. The van der Waals surface area contributed by atoms with E-state index in [4.69, 9.17) is 0 Å². The third-order valence-corrected chi connectivity index (χ3v) is 9.04. The molecule has 0 aliphatic carbocycles. The minimum Gasteiger partial charge on any atom is -0.394 e. The summed E-state index contributed by atoms with van der Waals surface area (Å²) in [6.45, 7) is 3.52. The highest BCUT2D eigenvalue weighted by Crippen LogP contribution is 2.28. The number of anilines is 8. The van der Waals surface area contributed by atoms with Crippen LogP contribution in [0.1, 0.15) is 31.9 Å². The quantitative estimate of drug-likeness (QED) is 0.0324. The van der Waals surface area contributed by atoms with E-state index in [0.717, 1.165) is 12.1 Å².